The van der Waals surface area contributed by atoms with E-state index in [4.69, 9.17) is 4.52 Å². The number of benzene rings is 1. The van der Waals surface area contributed by atoms with Gasteiger partial charge in [0.1, 0.15) is 5.76 Å². The number of nitrogens with zero attached hydrogens (tertiary/aromatic N) is 2. The number of hydrogen-bond donors (Lipinski definition) is 1. The van der Waals surface area contributed by atoms with E-state index in [1.54, 1.807) is 0 Å². The van der Waals surface area contributed by atoms with Crippen molar-refractivity contribution in [1.82, 2.24) is 10.1 Å². The first-order valence-corrected chi connectivity index (χ1v) is 8.60. The number of anilines is 1. The molecule has 128 valence electrons. The van der Waals surface area contributed by atoms with Crippen LogP contribution in [0.4, 0.5) is 10.5 Å². The maximum atomic E-state index is 12.8. The van der Waals surface area contributed by atoms with Crippen LogP contribution in [-0.2, 0) is 6.42 Å². The largest absolute Gasteiger partial charge is 0.361 e. The van der Waals surface area contributed by atoms with Crippen LogP contribution >= 0.6 is 0 Å². The van der Waals surface area contributed by atoms with Gasteiger partial charge in [0.05, 0.1) is 11.7 Å². The van der Waals surface area contributed by atoms with Crippen LogP contribution in [0.5, 0.6) is 0 Å². The number of urea groups is 1. The molecule has 0 bridgehead atoms. The summed E-state index contributed by atoms with van der Waals surface area (Å²) in [6.45, 7) is 8.84. The van der Waals surface area contributed by atoms with E-state index in [0.29, 0.717) is 0 Å². The Morgan fingerprint density at radius 1 is 1.29 bits per heavy atom. The number of hydrogen-bond acceptors (Lipinski definition) is 3. The zero-order chi connectivity index (χ0) is 17.3. The predicted octanol–water partition coefficient (Wildman–Crippen LogP) is 4.53. The number of carbonyl (C=O) groups excluding carboxylic acids is 1. The summed E-state index contributed by atoms with van der Waals surface area (Å²) in [5.41, 5.74) is 5.12. The molecule has 0 aliphatic carbocycles. The summed E-state index contributed by atoms with van der Waals surface area (Å²) < 4.78 is 5.43. The van der Waals surface area contributed by atoms with Crippen molar-refractivity contribution < 1.29 is 9.32 Å². The van der Waals surface area contributed by atoms with E-state index in [1.807, 2.05) is 37.8 Å². The Labute approximate surface area is 143 Å². The SMILES string of the molecule is CCc1onc(C)c1[C@H]1CCCN1C(=O)Nc1cc(C)cc(C)c1. The number of amides is 2. The number of likely N-dealkylation sites (tertiary alicyclic amines) is 1. The second-order valence-electron chi connectivity index (χ2n) is 6.62. The highest BCUT2D eigenvalue weighted by molar-refractivity contribution is 5.90. The van der Waals surface area contributed by atoms with E-state index < -0.39 is 0 Å². The van der Waals surface area contributed by atoms with Crippen molar-refractivity contribution in [3.05, 3.63) is 46.3 Å². The third-order valence-electron chi connectivity index (χ3n) is 4.62. The predicted molar refractivity (Wildman–Crippen MR) is 94.2 cm³/mol. The molecule has 0 radical (unpaired) electrons. The first kappa shape index (κ1) is 16.6. The zero-order valence-electron chi connectivity index (χ0n) is 14.8. The van der Waals surface area contributed by atoms with E-state index in [1.165, 1.54) is 0 Å². The standard InChI is InChI=1S/C19H25N3O2/c1-5-17-18(14(4)21-24-17)16-7-6-8-22(16)19(23)20-15-10-12(2)9-13(3)11-15/h9-11,16H,5-8H2,1-4H3,(H,20,23)/t16-/m1/s1. The van der Waals surface area contributed by atoms with Crippen molar-refractivity contribution in [3.63, 3.8) is 0 Å². The van der Waals surface area contributed by atoms with Crippen molar-refractivity contribution in [2.75, 3.05) is 11.9 Å². The lowest BCUT2D eigenvalue weighted by Crippen LogP contribution is -2.34. The molecule has 0 unspecified atom stereocenters. The summed E-state index contributed by atoms with van der Waals surface area (Å²) in [6, 6.07) is 6.10. The van der Waals surface area contributed by atoms with Gasteiger partial charge in [0.2, 0.25) is 0 Å². The first-order valence-electron chi connectivity index (χ1n) is 8.60. The molecular formula is C19H25N3O2. The molecule has 5 heteroatoms. The highest BCUT2D eigenvalue weighted by Gasteiger charge is 2.34. The molecule has 1 aliphatic heterocycles. The van der Waals surface area contributed by atoms with Crippen molar-refractivity contribution in [2.24, 2.45) is 0 Å². The Bertz CT molecular complexity index is 731. The van der Waals surface area contributed by atoms with Crippen LogP contribution < -0.4 is 5.32 Å². The van der Waals surface area contributed by atoms with Gasteiger partial charge in [0, 0.05) is 24.2 Å². The summed E-state index contributed by atoms with van der Waals surface area (Å²) in [5.74, 6) is 0.892. The Morgan fingerprint density at radius 3 is 2.67 bits per heavy atom. The number of aromatic nitrogens is 1. The van der Waals surface area contributed by atoms with Gasteiger partial charge in [-0.3, -0.25) is 0 Å². The second-order valence-corrected chi connectivity index (χ2v) is 6.62. The average molecular weight is 327 g/mol. The second kappa shape index (κ2) is 6.67. The number of rotatable bonds is 3. The minimum absolute atomic E-state index is 0.0508. The van der Waals surface area contributed by atoms with Crippen LogP contribution in [0.15, 0.2) is 22.7 Å². The third kappa shape index (κ3) is 3.16. The molecule has 0 saturated carbocycles. The number of aryl methyl sites for hydroxylation is 4. The van der Waals surface area contributed by atoms with Crippen LogP contribution in [0.2, 0.25) is 0 Å². The lowest BCUT2D eigenvalue weighted by molar-refractivity contribution is 0.206. The molecule has 1 saturated heterocycles. The van der Waals surface area contributed by atoms with E-state index in [2.05, 4.69) is 23.5 Å². The maximum Gasteiger partial charge on any atom is 0.322 e. The molecule has 1 aromatic carbocycles. The lowest BCUT2D eigenvalue weighted by Gasteiger charge is -2.25. The monoisotopic (exact) mass is 327 g/mol. The molecule has 1 atom stereocenters. The van der Waals surface area contributed by atoms with Gasteiger partial charge in [0.25, 0.3) is 0 Å². The fourth-order valence-corrected chi connectivity index (χ4v) is 3.66. The molecule has 1 aromatic heterocycles. The molecule has 24 heavy (non-hydrogen) atoms. The molecular weight excluding hydrogens is 302 g/mol. The summed E-state index contributed by atoms with van der Waals surface area (Å²) in [7, 11) is 0. The zero-order valence-corrected chi connectivity index (χ0v) is 14.8. The summed E-state index contributed by atoms with van der Waals surface area (Å²) in [4.78, 5) is 14.7. The Morgan fingerprint density at radius 2 is 2.00 bits per heavy atom. The van der Waals surface area contributed by atoms with Crippen molar-refractivity contribution in [3.8, 4) is 0 Å². The molecule has 2 heterocycles. The molecule has 0 spiro atoms. The van der Waals surface area contributed by atoms with E-state index in [9.17, 15) is 4.79 Å². The molecule has 1 fully saturated rings. The fraction of sp³-hybridized carbons (Fsp3) is 0.474. The fourth-order valence-electron chi connectivity index (χ4n) is 3.66. The van der Waals surface area contributed by atoms with Crippen molar-refractivity contribution in [1.29, 1.82) is 0 Å². The molecule has 5 nitrogen and oxygen atoms in total. The van der Waals surface area contributed by atoms with Gasteiger partial charge in [-0.05, 0) is 56.9 Å². The molecule has 2 amide bonds. The van der Waals surface area contributed by atoms with E-state index in [0.717, 1.165) is 59.6 Å². The minimum atomic E-state index is -0.0508. The maximum absolute atomic E-state index is 12.8. The van der Waals surface area contributed by atoms with Gasteiger partial charge in [0.15, 0.2) is 0 Å². The van der Waals surface area contributed by atoms with Crippen LogP contribution in [0.1, 0.15) is 54.0 Å². The Balaban J connectivity index is 1.82. The highest BCUT2D eigenvalue weighted by Crippen LogP contribution is 2.36. The quantitative estimate of drug-likeness (QED) is 0.901. The normalized spacial score (nSPS) is 17.3. The topological polar surface area (TPSA) is 58.4 Å². The van der Waals surface area contributed by atoms with Gasteiger partial charge in [-0.2, -0.15) is 0 Å². The van der Waals surface area contributed by atoms with Crippen LogP contribution in [0.25, 0.3) is 0 Å². The van der Waals surface area contributed by atoms with Gasteiger partial charge in [-0.15, -0.1) is 0 Å². The van der Waals surface area contributed by atoms with Gasteiger partial charge in [-0.25, -0.2) is 4.79 Å². The first-order chi connectivity index (χ1) is 11.5. The van der Waals surface area contributed by atoms with Gasteiger partial charge < -0.3 is 14.7 Å². The number of carbonyl (C=O) groups is 1. The molecule has 1 N–H and O–H groups in total. The molecule has 3 rings (SSSR count). The van der Waals surface area contributed by atoms with Crippen molar-refractivity contribution >= 4 is 11.7 Å². The van der Waals surface area contributed by atoms with Crippen LogP contribution in [0, 0.1) is 20.8 Å². The Kier molecular flexibility index (Phi) is 4.60. The Hall–Kier alpha value is -2.30. The lowest BCUT2D eigenvalue weighted by atomic mass is 10.0. The molecule has 2 aromatic rings. The molecule has 1 aliphatic rings. The summed E-state index contributed by atoms with van der Waals surface area (Å²) in [5, 5.41) is 7.15. The van der Waals surface area contributed by atoms with Crippen LogP contribution in [-0.4, -0.2) is 22.6 Å². The van der Waals surface area contributed by atoms with Crippen LogP contribution in [0.3, 0.4) is 0 Å². The number of nitrogens with one attached hydrogen (secondary N) is 1. The smallest absolute Gasteiger partial charge is 0.322 e. The van der Waals surface area contributed by atoms with Crippen molar-refractivity contribution in [2.45, 2.75) is 53.0 Å². The summed E-state index contributed by atoms with van der Waals surface area (Å²) >= 11 is 0. The third-order valence-corrected chi connectivity index (χ3v) is 4.62. The minimum Gasteiger partial charge on any atom is -0.361 e. The highest BCUT2D eigenvalue weighted by atomic mass is 16.5. The average Bonchev–Trinajstić information content (AvgIpc) is 3.11. The van der Waals surface area contributed by atoms with Gasteiger partial charge >= 0.3 is 6.03 Å². The van der Waals surface area contributed by atoms with E-state index >= 15 is 0 Å². The van der Waals surface area contributed by atoms with Gasteiger partial charge in [-0.1, -0.05) is 18.1 Å². The summed E-state index contributed by atoms with van der Waals surface area (Å²) in [6.07, 6.45) is 2.74. The van der Waals surface area contributed by atoms with E-state index in [-0.39, 0.29) is 12.1 Å².